The fraction of sp³-hybridized carbons (Fsp3) is 0.667. The summed E-state index contributed by atoms with van der Waals surface area (Å²) in [5.74, 6) is -0.0796. The average molecular weight is 321 g/mol. The second-order valence-electron chi connectivity index (χ2n) is 5.88. The summed E-state index contributed by atoms with van der Waals surface area (Å²) in [5, 5.41) is 0. The van der Waals surface area contributed by atoms with Gasteiger partial charge in [0.2, 0.25) is 0 Å². The maximum atomic E-state index is 10.9. The van der Waals surface area contributed by atoms with Gasteiger partial charge in [-0.2, -0.15) is 0 Å². The number of esters is 1. The van der Waals surface area contributed by atoms with E-state index in [0.29, 0.717) is 6.42 Å². The molecule has 0 fully saturated rings. The van der Waals surface area contributed by atoms with Crippen LogP contribution >= 0.6 is 0 Å². The van der Waals surface area contributed by atoms with Crippen molar-refractivity contribution in [1.29, 1.82) is 0 Å². The molecule has 0 amide bonds. The van der Waals surface area contributed by atoms with Crippen molar-refractivity contribution < 1.29 is 9.53 Å². The highest BCUT2D eigenvalue weighted by Crippen LogP contribution is 2.10. The summed E-state index contributed by atoms with van der Waals surface area (Å²) < 4.78 is 4.63. The van der Waals surface area contributed by atoms with Gasteiger partial charge in [-0.1, -0.05) is 75.5 Å². The van der Waals surface area contributed by atoms with E-state index in [2.05, 4.69) is 48.1 Å². The monoisotopic (exact) mass is 320 g/mol. The van der Waals surface area contributed by atoms with Crippen LogP contribution in [0.5, 0.6) is 0 Å². The van der Waals surface area contributed by atoms with E-state index >= 15 is 0 Å². The van der Waals surface area contributed by atoms with Gasteiger partial charge < -0.3 is 4.74 Å². The predicted molar refractivity (Wildman–Crippen MR) is 101 cm³/mol. The largest absolute Gasteiger partial charge is 0.469 e. The second-order valence-corrected chi connectivity index (χ2v) is 5.88. The van der Waals surface area contributed by atoms with E-state index in [1.54, 1.807) is 0 Å². The number of carbonyl (C=O) groups excluding carboxylic acids is 1. The number of rotatable bonds is 15. The van der Waals surface area contributed by atoms with Gasteiger partial charge in [0.1, 0.15) is 0 Å². The molecule has 0 N–H and O–H groups in total. The van der Waals surface area contributed by atoms with E-state index < -0.39 is 0 Å². The Morgan fingerprint density at radius 1 is 0.739 bits per heavy atom. The van der Waals surface area contributed by atoms with Gasteiger partial charge in [0, 0.05) is 6.42 Å². The Morgan fingerprint density at radius 2 is 1.26 bits per heavy atom. The van der Waals surface area contributed by atoms with Gasteiger partial charge in [-0.3, -0.25) is 4.79 Å². The fourth-order valence-electron chi connectivity index (χ4n) is 2.34. The van der Waals surface area contributed by atoms with Crippen molar-refractivity contribution in [2.24, 2.45) is 0 Å². The standard InChI is InChI=1S/C21H36O2/c1-3-4-5-6-7-8-9-10-11-12-13-14-15-16-17-18-19-20-21(22)23-2/h4-5,7-8,10-11H,3,6,9,12-20H2,1-2H3. The van der Waals surface area contributed by atoms with Gasteiger partial charge >= 0.3 is 5.97 Å². The molecule has 23 heavy (non-hydrogen) atoms. The predicted octanol–water partition coefficient (Wildman–Crippen LogP) is 6.53. The van der Waals surface area contributed by atoms with Crippen LogP contribution in [0.4, 0.5) is 0 Å². The Morgan fingerprint density at radius 3 is 1.87 bits per heavy atom. The molecule has 0 saturated carbocycles. The maximum Gasteiger partial charge on any atom is 0.305 e. The third kappa shape index (κ3) is 18.6. The molecule has 132 valence electrons. The van der Waals surface area contributed by atoms with E-state index in [1.807, 2.05) is 0 Å². The quantitative estimate of drug-likeness (QED) is 0.195. The topological polar surface area (TPSA) is 26.3 Å². The zero-order valence-electron chi connectivity index (χ0n) is 15.3. The molecular formula is C21H36O2. The molecule has 0 radical (unpaired) electrons. The lowest BCUT2D eigenvalue weighted by atomic mass is 10.1. The van der Waals surface area contributed by atoms with Crippen molar-refractivity contribution in [2.45, 2.75) is 84.0 Å². The first kappa shape index (κ1) is 21.7. The first-order chi connectivity index (χ1) is 11.3. The molecule has 0 spiro atoms. The summed E-state index contributed by atoms with van der Waals surface area (Å²) in [7, 11) is 1.46. The van der Waals surface area contributed by atoms with Gasteiger partial charge in [-0.15, -0.1) is 0 Å². The van der Waals surface area contributed by atoms with E-state index in [0.717, 1.165) is 32.1 Å². The van der Waals surface area contributed by atoms with E-state index in [9.17, 15) is 4.79 Å². The highest BCUT2D eigenvalue weighted by atomic mass is 16.5. The minimum atomic E-state index is -0.0796. The zero-order chi connectivity index (χ0) is 17.0. The Hall–Kier alpha value is -1.31. The summed E-state index contributed by atoms with van der Waals surface area (Å²) in [6.45, 7) is 2.16. The van der Waals surface area contributed by atoms with E-state index in [-0.39, 0.29) is 5.97 Å². The van der Waals surface area contributed by atoms with Crippen molar-refractivity contribution >= 4 is 5.97 Å². The third-order valence-corrected chi connectivity index (χ3v) is 3.76. The van der Waals surface area contributed by atoms with Gasteiger partial charge in [0.15, 0.2) is 0 Å². The van der Waals surface area contributed by atoms with Crippen LogP contribution in [0.1, 0.15) is 84.0 Å². The zero-order valence-corrected chi connectivity index (χ0v) is 15.3. The molecule has 0 unspecified atom stereocenters. The number of hydrogen-bond donors (Lipinski definition) is 0. The van der Waals surface area contributed by atoms with Crippen LogP contribution in [-0.2, 0) is 9.53 Å². The lowest BCUT2D eigenvalue weighted by Gasteiger charge is -2.01. The molecule has 0 bridgehead atoms. The molecule has 0 heterocycles. The second kappa shape index (κ2) is 18.7. The molecule has 0 saturated heterocycles. The molecule has 0 aliphatic rings. The lowest BCUT2D eigenvalue weighted by Crippen LogP contribution is -1.99. The number of ether oxygens (including phenoxy) is 1. The van der Waals surface area contributed by atoms with Gasteiger partial charge in [-0.05, 0) is 38.5 Å². The lowest BCUT2D eigenvalue weighted by molar-refractivity contribution is -0.140. The Labute approximate surface area is 143 Å². The van der Waals surface area contributed by atoms with Crippen LogP contribution in [0, 0.1) is 0 Å². The SMILES string of the molecule is CCC=CCC=CCC=CCCCCCCCCCC(=O)OC. The fourth-order valence-corrected chi connectivity index (χ4v) is 2.34. The minimum absolute atomic E-state index is 0.0796. The Kier molecular flexibility index (Phi) is 17.7. The molecule has 2 heteroatoms. The number of allylic oxidation sites excluding steroid dienone is 6. The summed E-state index contributed by atoms with van der Waals surface area (Å²) in [6.07, 6.45) is 27.1. The highest BCUT2D eigenvalue weighted by molar-refractivity contribution is 5.68. The summed E-state index contributed by atoms with van der Waals surface area (Å²) >= 11 is 0. The molecular weight excluding hydrogens is 284 g/mol. The molecule has 0 rings (SSSR count). The van der Waals surface area contributed by atoms with Crippen molar-refractivity contribution in [2.75, 3.05) is 7.11 Å². The average Bonchev–Trinajstić information content (AvgIpc) is 2.57. The van der Waals surface area contributed by atoms with Crippen LogP contribution < -0.4 is 0 Å². The summed E-state index contributed by atoms with van der Waals surface area (Å²) in [5.41, 5.74) is 0. The van der Waals surface area contributed by atoms with Crippen LogP contribution in [0.25, 0.3) is 0 Å². The minimum Gasteiger partial charge on any atom is -0.469 e. The highest BCUT2D eigenvalue weighted by Gasteiger charge is 1.98. The molecule has 0 aliphatic heterocycles. The number of unbranched alkanes of at least 4 members (excludes halogenated alkanes) is 7. The van der Waals surface area contributed by atoms with E-state index in [1.165, 1.54) is 45.6 Å². The first-order valence-corrected chi connectivity index (χ1v) is 9.33. The van der Waals surface area contributed by atoms with Gasteiger partial charge in [0.25, 0.3) is 0 Å². The number of hydrogen-bond acceptors (Lipinski definition) is 2. The number of carbonyl (C=O) groups is 1. The Balaban J connectivity index is 3.22. The van der Waals surface area contributed by atoms with Crippen molar-refractivity contribution in [3.8, 4) is 0 Å². The molecule has 0 atom stereocenters. The first-order valence-electron chi connectivity index (χ1n) is 9.33. The Bertz CT molecular complexity index is 340. The van der Waals surface area contributed by atoms with Crippen LogP contribution in [0.15, 0.2) is 36.5 Å². The third-order valence-electron chi connectivity index (χ3n) is 3.76. The van der Waals surface area contributed by atoms with Crippen LogP contribution in [0.2, 0.25) is 0 Å². The van der Waals surface area contributed by atoms with Crippen molar-refractivity contribution in [3.05, 3.63) is 36.5 Å². The summed E-state index contributed by atoms with van der Waals surface area (Å²) in [6, 6.07) is 0. The normalized spacial score (nSPS) is 11.9. The van der Waals surface area contributed by atoms with Crippen molar-refractivity contribution in [3.63, 3.8) is 0 Å². The number of methoxy groups -OCH3 is 1. The molecule has 0 aromatic rings. The van der Waals surface area contributed by atoms with Crippen LogP contribution in [0.3, 0.4) is 0 Å². The molecule has 2 nitrogen and oxygen atoms in total. The van der Waals surface area contributed by atoms with Crippen molar-refractivity contribution in [1.82, 2.24) is 0 Å². The molecule has 0 aromatic carbocycles. The smallest absolute Gasteiger partial charge is 0.305 e. The van der Waals surface area contributed by atoms with Gasteiger partial charge in [-0.25, -0.2) is 0 Å². The molecule has 0 aliphatic carbocycles. The molecule has 0 aromatic heterocycles. The van der Waals surface area contributed by atoms with Crippen LogP contribution in [-0.4, -0.2) is 13.1 Å². The maximum absolute atomic E-state index is 10.9. The summed E-state index contributed by atoms with van der Waals surface area (Å²) in [4.78, 5) is 10.9. The van der Waals surface area contributed by atoms with E-state index in [4.69, 9.17) is 0 Å². The van der Waals surface area contributed by atoms with Gasteiger partial charge in [0.05, 0.1) is 7.11 Å².